The van der Waals surface area contributed by atoms with Crippen LogP contribution in [0.15, 0.2) is 30.6 Å². The van der Waals surface area contributed by atoms with Crippen LogP contribution in [0.25, 0.3) is 5.69 Å². The molecule has 0 amide bonds. The van der Waals surface area contributed by atoms with E-state index in [1.165, 1.54) is 5.69 Å². The first-order valence-corrected chi connectivity index (χ1v) is 5.79. The van der Waals surface area contributed by atoms with E-state index in [2.05, 4.69) is 27.0 Å². The molecule has 0 spiro atoms. The number of nitrogens with one attached hydrogen (secondary N) is 1. The zero-order chi connectivity index (χ0) is 11.7. The van der Waals surface area contributed by atoms with Crippen LogP contribution < -0.4 is 10.1 Å². The predicted octanol–water partition coefficient (Wildman–Crippen LogP) is 1.53. The molecule has 88 valence electrons. The Morgan fingerprint density at radius 1 is 1.29 bits per heavy atom. The highest BCUT2D eigenvalue weighted by atomic mass is 16.5. The lowest BCUT2D eigenvalue weighted by molar-refractivity contribution is 0.414. The molecular formula is C13H15N3O. The molecule has 0 aliphatic carbocycles. The average Bonchev–Trinajstić information content (AvgIpc) is 2.83. The van der Waals surface area contributed by atoms with Gasteiger partial charge in [0.2, 0.25) is 0 Å². The van der Waals surface area contributed by atoms with Crippen LogP contribution in [-0.2, 0) is 13.0 Å². The van der Waals surface area contributed by atoms with Crippen molar-refractivity contribution >= 4 is 0 Å². The second-order valence-corrected chi connectivity index (χ2v) is 4.13. The van der Waals surface area contributed by atoms with Crippen LogP contribution in [0.1, 0.15) is 11.4 Å². The van der Waals surface area contributed by atoms with E-state index in [4.69, 9.17) is 4.74 Å². The van der Waals surface area contributed by atoms with Crippen LogP contribution in [0.2, 0.25) is 0 Å². The highest BCUT2D eigenvalue weighted by Crippen LogP contribution is 2.20. The number of imidazole rings is 1. The highest BCUT2D eigenvalue weighted by molar-refractivity contribution is 5.40. The van der Waals surface area contributed by atoms with E-state index < -0.39 is 0 Å². The summed E-state index contributed by atoms with van der Waals surface area (Å²) in [5, 5.41) is 3.33. The molecule has 4 heteroatoms. The Hall–Kier alpha value is -1.81. The fourth-order valence-electron chi connectivity index (χ4n) is 2.20. The third-order valence-electron chi connectivity index (χ3n) is 3.13. The van der Waals surface area contributed by atoms with Gasteiger partial charge in [-0.2, -0.15) is 0 Å². The minimum Gasteiger partial charge on any atom is -0.497 e. The molecule has 0 radical (unpaired) electrons. The number of fused-ring (bicyclic) bond motifs is 1. The van der Waals surface area contributed by atoms with Crippen molar-refractivity contribution < 1.29 is 4.74 Å². The Morgan fingerprint density at radius 3 is 2.88 bits per heavy atom. The van der Waals surface area contributed by atoms with Crippen LogP contribution >= 0.6 is 0 Å². The lowest BCUT2D eigenvalue weighted by atomic mass is 10.1. The van der Waals surface area contributed by atoms with Crippen molar-refractivity contribution in [3.8, 4) is 11.4 Å². The van der Waals surface area contributed by atoms with Gasteiger partial charge in [0.15, 0.2) is 0 Å². The number of ether oxygens (including phenoxy) is 1. The molecule has 0 saturated heterocycles. The molecule has 1 aromatic carbocycles. The van der Waals surface area contributed by atoms with E-state index in [-0.39, 0.29) is 0 Å². The van der Waals surface area contributed by atoms with E-state index in [1.54, 1.807) is 7.11 Å². The predicted molar refractivity (Wildman–Crippen MR) is 65.5 cm³/mol. The zero-order valence-corrected chi connectivity index (χ0v) is 9.81. The zero-order valence-electron chi connectivity index (χ0n) is 9.81. The summed E-state index contributed by atoms with van der Waals surface area (Å²) < 4.78 is 7.33. The van der Waals surface area contributed by atoms with Gasteiger partial charge in [-0.1, -0.05) is 0 Å². The Balaban J connectivity index is 2.00. The average molecular weight is 229 g/mol. The Bertz CT molecular complexity index is 516. The van der Waals surface area contributed by atoms with Crippen LogP contribution in [0.4, 0.5) is 0 Å². The lowest BCUT2D eigenvalue weighted by Crippen LogP contribution is -2.24. The SMILES string of the molecule is COc1ccc(-n2cnc3c2CCNC3)cc1. The van der Waals surface area contributed by atoms with Crippen molar-refractivity contribution in [2.45, 2.75) is 13.0 Å². The number of hydrogen-bond acceptors (Lipinski definition) is 3. The number of aromatic nitrogens is 2. The van der Waals surface area contributed by atoms with Gasteiger partial charge in [-0.25, -0.2) is 4.98 Å². The number of nitrogens with zero attached hydrogens (tertiary/aromatic N) is 2. The summed E-state index contributed by atoms with van der Waals surface area (Å²) in [6, 6.07) is 8.07. The molecule has 0 atom stereocenters. The fourth-order valence-corrected chi connectivity index (χ4v) is 2.20. The second kappa shape index (κ2) is 4.22. The molecule has 2 heterocycles. The molecule has 2 aromatic rings. The molecule has 1 aromatic heterocycles. The Kier molecular flexibility index (Phi) is 2.57. The summed E-state index contributed by atoms with van der Waals surface area (Å²) in [7, 11) is 1.68. The van der Waals surface area contributed by atoms with Gasteiger partial charge < -0.3 is 14.6 Å². The smallest absolute Gasteiger partial charge is 0.119 e. The van der Waals surface area contributed by atoms with Crippen molar-refractivity contribution in [2.75, 3.05) is 13.7 Å². The number of benzene rings is 1. The molecule has 1 aliphatic rings. The third kappa shape index (κ3) is 1.80. The topological polar surface area (TPSA) is 39.1 Å². The molecular weight excluding hydrogens is 214 g/mol. The third-order valence-corrected chi connectivity index (χ3v) is 3.13. The minimum atomic E-state index is 0.874. The monoisotopic (exact) mass is 229 g/mol. The maximum absolute atomic E-state index is 5.16. The summed E-state index contributed by atoms with van der Waals surface area (Å²) in [6.45, 7) is 1.90. The minimum absolute atomic E-state index is 0.874. The van der Waals surface area contributed by atoms with E-state index in [0.29, 0.717) is 0 Å². The van der Waals surface area contributed by atoms with Crippen LogP contribution in [0, 0.1) is 0 Å². The normalized spacial score (nSPS) is 14.4. The molecule has 0 unspecified atom stereocenters. The van der Waals surface area contributed by atoms with Crippen molar-refractivity contribution in [3.05, 3.63) is 42.0 Å². The number of rotatable bonds is 2. The van der Waals surface area contributed by atoms with Gasteiger partial charge in [0.05, 0.1) is 19.1 Å². The summed E-state index contributed by atoms with van der Waals surface area (Å²) in [5.41, 5.74) is 3.61. The maximum Gasteiger partial charge on any atom is 0.119 e. The molecule has 0 saturated carbocycles. The van der Waals surface area contributed by atoms with E-state index in [0.717, 1.165) is 36.6 Å². The second-order valence-electron chi connectivity index (χ2n) is 4.13. The van der Waals surface area contributed by atoms with Gasteiger partial charge in [-0.15, -0.1) is 0 Å². The summed E-state index contributed by atoms with van der Waals surface area (Å²) in [6.07, 6.45) is 2.93. The van der Waals surface area contributed by atoms with Crippen molar-refractivity contribution in [2.24, 2.45) is 0 Å². The fraction of sp³-hybridized carbons (Fsp3) is 0.308. The van der Waals surface area contributed by atoms with E-state index >= 15 is 0 Å². The van der Waals surface area contributed by atoms with Gasteiger partial charge in [-0.3, -0.25) is 0 Å². The van der Waals surface area contributed by atoms with Crippen LogP contribution in [0.3, 0.4) is 0 Å². The molecule has 0 fully saturated rings. The van der Waals surface area contributed by atoms with E-state index in [9.17, 15) is 0 Å². The van der Waals surface area contributed by atoms with Crippen molar-refractivity contribution in [1.29, 1.82) is 0 Å². The van der Waals surface area contributed by atoms with Gasteiger partial charge >= 0.3 is 0 Å². The van der Waals surface area contributed by atoms with Gasteiger partial charge in [0, 0.05) is 30.9 Å². The quantitative estimate of drug-likeness (QED) is 0.848. The van der Waals surface area contributed by atoms with Crippen LogP contribution in [0.5, 0.6) is 5.75 Å². The summed E-state index contributed by atoms with van der Waals surface area (Å²) in [4.78, 5) is 4.44. The van der Waals surface area contributed by atoms with Crippen molar-refractivity contribution in [1.82, 2.24) is 14.9 Å². The summed E-state index contributed by atoms with van der Waals surface area (Å²) >= 11 is 0. The Morgan fingerprint density at radius 2 is 2.12 bits per heavy atom. The standard InChI is InChI=1S/C13H15N3O/c1-17-11-4-2-10(3-5-11)16-9-15-12-8-14-7-6-13(12)16/h2-5,9,14H,6-8H2,1H3. The van der Waals surface area contributed by atoms with E-state index in [1.807, 2.05) is 18.5 Å². The van der Waals surface area contributed by atoms with Crippen molar-refractivity contribution in [3.63, 3.8) is 0 Å². The van der Waals surface area contributed by atoms with Gasteiger partial charge in [0.1, 0.15) is 5.75 Å². The molecule has 0 bridgehead atoms. The Labute approximate surface area is 100 Å². The van der Waals surface area contributed by atoms with Crippen LogP contribution in [-0.4, -0.2) is 23.2 Å². The first kappa shape index (κ1) is 10.4. The number of hydrogen-bond donors (Lipinski definition) is 1. The first-order chi connectivity index (χ1) is 8.38. The lowest BCUT2D eigenvalue weighted by Gasteiger charge is -2.15. The molecule has 4 nitrogen and oxygen atoms in total. The highest BCUT2D eigenvalue weighted by Gasteiger charge is 2.15. The maximum atomic E-state index is 5.16. The number of methoxy groups -OCH3 is 1. The van der Waals surface area contributed by atoms with Gasteiger partial charge in [-0.05, 0) is 24.3 Å². The molecule has 1 N–H and O–H groups in total. The molecule has 17 heavy (non-hydrogen) atoms. The van der Waals surface area contributed by atoms with Gasteiger partial charge in [0.25, 0.3) is 0 Å². The molecule has 1 aliphatic heterocycles. The first-order valence-electron chi connectivity index (χ1n) is 5.79. The summed E-state index contributed by atoms with van der Waals surface area (Å²) in [5.74, 6) is 0.879. The molecule has 3 rings (SSSR count). The largest absolute Gasteiger partial charge is 0.497 e.